The van der Waals surface area contributed by atoms with Crippen molar-refractivity contribution in [2.75, 3.05) is 6.54 Å². The minimum absolute atomic E-state index is 1.03. The summed E-state index contributed by atoms with van der Waals surface area (Å²) < 4.78 is 5.40. The average molecular weight is 161 g/mol. The van der Waals surface area contributed by atoms with Crippen LogP contribution in [0.5, 0.6) is 0 Å². The Morgan fingerprint density at radius 1 is 1.33 bits per heavy atom. The topological polar surface area (TPSA) is 25.2 Å². The molecule has 0 unspecified atom stereocenters. The number of hydrogen-bond acceptors (Lipinski definition) is 2. The largest absolute Gasteiger partial charge is 0.469 e. The number of rotatable bonds is 0. The molecule has 1 aliphatic heterocycles. The molecule has 0 saturated heterocycles. The van der Waals surface area contributed by atoms with Gasteiger partial charge in [0.1, 0.15) is 5.76 Å². The van der Waals surface area contributed by atoms with E-state index in [1.165, 1.54) is 23.4 Å². The molecule has 0 atom stereocenters. The van der Waals surface area contributed by atoms with Crippen molar-refractivity contribution in [1.82, 2.24) is 5.32 Å². The summed E-state index contributed by atoms with van der Waals surface area (Å²) in [6, 6.07) is 2.08. The van der Waals surface area contributed by atoms with Crippen LogP contribution in [-0.2, 0) is 12.8 Å². The van der Waals surface area contributed by atoms with E-state index in [1.807, 2.05) is 0 Å². The van der Waals surface area contributed by atoms with Gasteiger partial charge in [-0.2, -0.15) is 0 Å². The van der Waals surface area contributed by atoms with Gasteiger partial charge >= 0.3 is 0 Å². The summed E-state index contributed by atoms with van der Waals surface area (Å²) in [7, 11) is 0. The lowest BCUT2D eigenvalue weighted by Crippen LogP contribution is -2.12. The van der Waals surface area contributed by atoms with E-state index in [1.54, 1.807) is 11.8 Å². The fourth-order valence-corrected chi connectivity index (χ4v) is 2.09. The SMILES string of the molecule is c1cc2c(o1)CC1=C(C2)NCC1. The van der Waals surface area contributed by atoms with Gasteiger partial charge in [-0.15, -0.1) is 0 Å². The van der Waals surface area contributed by atoms with Crippen LogP contribution in [0.25, 0.3) is 0 Å². The van der Waals surface area contributed by atoms with Gasteiger partial charge in [-0.1, -0.05) is 0 Å². The second-order valence-electron chi connectivity index (χ2n) is 3.48. The van der Waals surface area contributed by atoms with Crippen molar-refractivity contribution < 1.29 is 4.42 Å². The highest BCUT2D eigenvalue weighted by Gasteiger charge is 2.22. The number of allylic oxidation sites excluding steroid dienone is 1. The molecule has 0 spiro atoms. The Morgan fingerprint density at radius 2 is 2.33 bits per heavy atom. The molecule has 0 bridgehead atoms. The molecule has 62 valence electrons. The summed E-state index contributed by atoms with van der Waals surface area (Å²) in [5, 5.41) is 3.43. The zero-order chi connectivity index (χ0) is 7.97. The monoisotopic (exact) mass is 161 g/mol. The van der Waals surface area contributed by atoms with E-state index in [0.717, 1.165) is 19.4 Å². The normalized spacial score (nSPS) is 20.3. The standard InChI is InChI=1S/C10H11NO/c1-3-11-9-5-8-2-4-12-10(8)6-7(1)9/h2,4,11H,1,3,5-6H2. The molecular formula is C10H11NO. The molecule has 2 heteroatoms. The van der Waals surface area contributed by atoms with E-state index < -0.39 is 0 Å². The maximum absolute atomic E-state index is 5.40. The molecular weight excluding hydrogens is 150 g/mol. The van der Waals surface area contributed by atoms with E-state index >= 15 is 0 Å². The molecule has 0 radical (unpaired) electrons. The fraction of sp³-hybridized carbons (Fsp3) is 0.400. The van der Waals surface area contributed by atoms with Crippen LogP contribution in [0, 0.1) is 0 Å². The molecule has 2 aliphatic rings. The molecule has 0 aromatic carbocycles. The van der Waals surface area contributed by atoms with Crippen LogP contribution < -0.4 is 5.32 Å². The van der Waals surface area contributed by atoms with Crippen molar-refractivity contribution in [2.45, 2.75) is 19.3 Å². The van der Waals surface area contributed by atoms with Gasteiger partial charge in [0.25, 0.3) is 0 Å². The zero-order valence-corrected chi connectivity index (χ0v) is 6.89. The third-order valence-electron chi connectivity index (χ3n) is 2.77. The van der Waals surface area contributed by atoms with Crippen molar-refractivity contribution in [3.63, 3.8) is 0 Å². The summed E-state index contributed by atoms with van der Waals surface area (Å²) in [4.78, 5) is 0. The Bertz CT molecular complexity index is 318. The predicted molar refractivity (Wildman–Crippen MR) is 45.8 cm³/mol. The number of nitrogens with one attached hydrogen (secondary N) is 1. The molecule has 0 fully saturated rings. The van der Waals surface area contributed by atoms with Crippen molar-refractivity contribution in [1.29, 1.82) is 0 Å². The number of furan rings is 1. The van der Waals surface area contributed by atoms with Crippen LogP contribution >= 0.6 is 0 Å². The van der Waals surface area contributed by atoms with E-state index in [2.05, 4.69) is 11.4 Å². The lowest BCUT2D eigenvalue weighted by atomic mass is 9.96. The van der Waals surface area contributed by atoms with E-state index in [-0.39, 0.29) is 0 Å². The summed E-state index contributed by atoms with van der Waals surface area (Å²) in [5.41, 5.74) is 4.37. The maximum atomic E-state index is 5.40. The highest BCUT2D eigenvalue weighted by molar-refractivity contribution is 5.36. The highest BCUT2D eigenvalue weighted by Crippen LogP contribution is 2.29. The van der Waals surface area contributed by atoms with Crippen LogP contribution in [0.2, 0.25) is 0 Å². The van der Waals surface area contributed by atoms with Gasteiger partial charge in [-0.25, -0.2) is 0 Å². The first kappa shape index (κ1) is 6.35. The van der Waals surface area contributed by atoms with E-state index in [4.69, 9.17) is 4.42 Å². The Hall–Kier alpha value is -1.18. The molecule has 0 amide bonds. The van der Waals surface area contributed by atoms with Crippen LogP contribution in [0.4, 0.5) is 0 Å². The maximum Gasteiger partial charge on any atom is 0.111 e. The lowest BCUT2D eigenvalue weighted by molar-refractivity contribution is 0.510. The van der Waals surface area contributed by atoms with Gasteiger partial charge in [0.15, 0.2) is 0 Å². The first-order chi connectivity index (χ1) is 5.93. The molecule has 1 aromatic heterocycles. The Kier molecular flexibility index (Phi) is 1.14. The van der Waals surface area contributed by atoms with Gasteiger partial charge in [0, 0.05) is 25.1 Å². The smallest absolute Gasteiger partial charge is 0.111 e. The summed E-state index contributed by atoms with van der Waals surface area (Å²) in [6.07, 6.45) is 5.09. The van der Waals surface area contributed by atoms with Crippen molar-refractivity contribution in [3.05, 3.63) is 34.9 Å². The van der Waals surface area contributed by atoms with Crippen molar-refractivity contribution in [2.24, 2.45) is 0 Å². The minimum Gasteiger partial charge on any atom is -0.469 e. The third kappa shape index (κ3) is 0.750. The van der Waals surface area contributed by atoms with Crippen molar-refractivity contribution in [3.8, 4) is 0 Å². The van der Waals surface area contributed by atoms with E-state index in [0.29, 0.717) is 0 Å². The number of hydrogen-bond donors (Lipinski definition) is 1. The summed E-state index contributed by atoms with van der Waals surface area (Å²) >= 11 is 0. The number of fused-ring (bicyclic) bond motifs is 1. The molecule has 3 rings (SSSR count). The van der Waals surface area contributed by atoms with Gasteiger partial charge < -0.3 is 9.73 Å². The van der Waals surface area contributed by atoms with Crippen LogP contribution in [0.15, 0.2) is 28.0 Å². The Labute approximate surface area is 71.3 Å². The van der Waals surface area contributed by atoms with Gasteiger partial charge in [0.2, 0.25) is 0 Å². The first-order valence-electron chi connectivity index (χ1n) is 4.43. The van der Waals surface area contributed by atoms with Gasteiger partial charge in [-0.3, -0.25) is 0 Å². The van der Waals surface area contributed by atoms with Crippen LogP contribution in [0.1, 0.15) is 17.7 Å². The second-order valence-corrected chi connectivity index (χ2v) is 3.48. The second kappa shape index (κ2) is 2.16. The van der Waals surface area contributed by atoms with Crippen LogP contribution in [0.3, 0.4) is 0 Å². The minimum atomic E-state index is 1.03. The van der Waals surface area contributed by atoms with Gasteiger partial charge in [0.05, 0.1) is 6.26 Å². The molecule has 0 saturated carbocycles. The molecule has 2 nitrogen and oxygen atoms in total. The molecule has 1 N–H and O–H groups in total. The Morgan fingerprint density at radius 3 is 3.33 bits per heavy atom. The predicted octanol–water partition coefficient (Wildman–Crippen LogP) is 1.63. The molecule has 1 aliphatic carbocycles. The van der Waals surface area contributed by atoms with Crippen molar-refractivity contribution >= 4 is 0 Å². The fourth-order valence-electron chi connectivity index (χ4n) is 2.09. The summed E-state index contributed by atoms with van der Waals surface area (Å²) in [5.74, 6) is 1.18. The molecule has 2 heterocycles. The first-order valence-corrected chi connectivity index (χ1v) is 4.43. The molecule has 12 heavy (non-hydrogen) atoms. The lowest BCUT2D eigenvalue weighted by Gasteiger charge is -2.12. The van der Waals surface area contributed by atoms with Crippen LogP contribution in [-0.4, -0.2) is 6.54 Å². The Balaban J connectivity index is 2.03. The zero-order valence-electron chi connectivity index (χ0n) is 6.89. The van der Waals surface area contributed by atoms with Gasteiger partial charge in [-0.05, 0) is 23.6 Å². The van der Waals surface area contributed by atoms with E-state index in [9.17, 15) is 0 Å². The molecule has 1 aromatic rings. The third-order valence-corrected chi connectivity index (χ3v) is 2.77. The average Bonchev–Trinajstić information content (AvgIpc) is 2.64. The highest BCUT2D eigenvalue weighted by atomic mass is 16.3. The summed E-state index contributed by atoms with van der Waals surface area (Å²) in [6.45, 7) is 1.12. The quantitative estimate of drug-likeness (QED) is 0.625.